The molecule has 1 aromatic heterocycles. The number of hydrogen-bond donors (Lipinski definition) is 0. The molecule has 0 radical (unpaired) electrons. The van der Waals surface area contributed by atoms with E-state index in [1.807, 2.05) is 12.3 Å². The van der Waals surface area contributed by atoms with Crippen molar-refractivity contribution in [1.82, 2.24) is 4.98 Å². The summed E-state index contributed by atoms with van der Waals surface area (Å²) in [7, 11) is 0. The standard InChI is InChI=1S/C15H16BrN/c1-11(2)14(10-16)9-12-5-6-15-13(8-12)4-3-7-17-15/h3-9,11H,10H2,1-2H3. The molecule has 2 aromatic rings. The first-order chi connectivity index (χ1) is 8.20. The van der Waals surface area contributed by atoms with Crippen LogP contribution >= 0.6 is 15.9 Å². The predicted molar refractivity (Wildman–Crippen MR) is 78.4 cm³/mol. The van der Waals surface area contributed by atoms with Gasteiger partial charge in [0.1, 0.15) is 0 Å². The van der Waals surface area contributed by atoms with Gasteiger partial charge in [-0.2, -0.15) is 0 Å². The molecule has 0 aliphatic rings. The van der Waals surface area contributed by atoms with E-state index in [4.69, 9.17) is 0 Å². The molecule has 1 aromatic carbocycles. The van der Waals surface area contributed by atoms with Crippen LogP contribution < -0.4 is 0 Å². The van der Waals surface area contributed by atoms with E-state index in [1.165, 1.54) is 16.5 Å². The van der Waals surface area contributed by atoms with Crippen LogP contribution in [0.4, 0.5) is 0 Å². The Balaban J connectivity index is 2.43. The number of pyridine rings is 1. The number of alkyl halides is 1. The summed E-state index contributed by atoms with van der Waals surface area (Å²) in [5.74, 6) is 0.568. The fourth-order valence-electron chi connectivity index (χ4n) is 1.76. The van der Waals surface area contributed by atoms with Gasteiger partial charge in [0.05, 0.1) is 5.52 Å². The SMILES string of the molecule is CC(C)C(=Cc1ccc2ncccc2c1)CBr. The molecule has 88 valence electrons. The van der Waals surface area contributed by atoms with Crippen molar-refractivity contribution >= 4 is 32.9 Å². The van der Waals surface area contributed by atoms with Gasteiger partial charge in [-0.25, -0.2) is 0 Å². The highest BCUT2D eigenvalue weighted by molar-refractivity contribution is 9.09. The third-order valence-corrected chi connectivity index (χ3v) is 3.52. The van der Waals surface area contributed by atoms with Crippen LogP contribution in [0.2, 0.25) is 0 Å². The van der Waals surface area contributed by atoms with Gasteiger partial charge in [0, 0.05) is 16.9 Å². The van der Waals surface area contributed by atoms with E-state index in [9.17, 15) is 0 Å². The zero-order chi connectivity index (χ0) is 12.3. The van der Waals surface area contributed by atoms with Crippen molar-refractivity contribution in [3.63, 3.8) is 0 Å². The summed E-state index contributed by atoms with van der Waals surface area (Å²) < 4.78 is 0. The minimum absolute atomic E-state index is 0.568. The van der Waals surface area contributed by atoms with Gasteiger partial charge in [-0.1, -0.05) is 53.6 Å². The molecule has 1 nitrogen and oxygen atoms in total. The van der Waals surface area contributed by atoms with Gasteiger partial charge >= 0.3 is 0 Å². The van der Waals surface area contributed by atoms with Crippen LogP contribution in [0.3, 0.4) is 0 Å². The average molecular weight is 290 g/mol. The molecule has 0 bridgehead atoms. The molecule has 0 atom stereocenters. The summed E-state index contributed by atoms with van der Waals surface area (Å²) in [4.78, 5) is 4.33. The topological polar surface area (TPSA) is 12.9 Å². The van der Waals surface area contributed by atoms with Crippen molar-refractivity contribution in [2.24, 2.45) is 5.92 Å². The maximum atomic E-state index is 4.33. The summed E-state index contributed by atoms with van der Waals surface area (Å²) in [6.07, 6.45) is 4.09. The van der Waals surface area contributed by atoms with Crippen molar-refractivity contribution in [2.75, 3.05) is 5.33 Å². The Bertz CT molecular complexity index is 543. The van der Waals surface area contributed by atoms with Crippen molar-refractivity contribution in [2.45, 2.75) is 13.8 Å². The zero-order valence-electron chi connectivity index (χ0n) is 10.2. The second-order valence-electron chi connectivity index (χ2n) is 4.46. The van der Waals surface area contributed by atoms with Gasteiger partial charge < -0.3 is 0 Å². The minimum Gasteiger partial charge on any atom is -0.256 e. The van der Waals surface area contributed by atoms with Crippen LogP contribution in [0.5, 0.6) is 0 Å². The second-order valence-corrected chi connectivity index (χ2v) is 5.02. The molecule has 0 N–H and O–H groups in total. The van der Waals surface area contributed by atoms with Crippen LogP contribution in [-0.4, -0.2) is 10.3 Å². The van der Waals surface area contributed by atoms with Crippen LogP contribution in [0.25, 0.3) is 17.0 Å². The fraction of sp³-hybridized carbons (Fsp3) is 0.267. The number of fused-ring (bicyclic) bond motifs is 1. The number of hydrogen-bond acceptors (Lipinski definition) is 1. The second kappa shape index (κ2) is 5.46. The molecule has 0 amide bonds. The fourth-order valence-corrected chi connectivity index (χ4v) is 2.57. The van der Waals surface area contributed by atoms with E-state index in [1.54, 1.807) is 0 Å². The molecule has 0 aliphatic heterocycles. The third kappa shape index (κ3) is 2.95. The Morgan fingerprint density at radius 2 is 2.18 bits per heavy atom. The van der Waals surface area contributed by atoms with E-state index in [0.29, 0.717) is 5.92 Å². The lowest BCUT2D eigenvalue weighted by Gasteiger charge is -2.08. The van der Waals surface area contributed by atoms with Gasteiger partial charge in [0.15, 0.2) is 0 Å². The van der Waals surface area contributed by atoms with Gasteiger partial charge in [-0.3, -0.25) is 4.98 Å². The number of aromatic nitrogens is 1. The van der Waals surface area contributed by atoms with E-state index in [2.05, 4.69) is 65.1 Å². The lowest BCUT2D eigenvalue weighted by molar-refractivity contribution is 0.781. The highest BCUT2D eigenvalue weighted by Crippen LogP contribution is 2.19. The molecule has 0 unspecified atom stereocenters. The molecule has 0 aliphatic carbocycles. The lowest BCUT2D eigenvalue weighted by atomic mass is 10.0. The molecule has 0 spiro atoms. The average Bonchev–Trinajstić information content (AvgIpc) is 2.35. The van der Waals surface area contributed by atoms with Gasteiger partial charge in [-0.15, -0.1) is 0 Å². The molecule has 1 heterocycles. The molecule has 0 saturated carbocycles. The zero-order valence-corrected chi connectivity index (χ0v) is 11.7. The number of rotatable bonds is 3. The molecule has 0 fully saturated rings. The summed E-state index contributed by atoms with van der Waals surface area (Å²) >= 11 is 3.54. The summed E-state index contributed by atoms with van der Waals surface area (Å²) in [5.41, 5.74) is 3.71. The van der Waals surface area contributed by atoms with Gasteiger partial charge in [0.2, 0.25) is 0 Å². The maximum absolute atomic E-state index is 4.33. The number of benzene rings is 1. The highest BCUT2D eigenvalue weighted by Gasteiger charge is 2.02. The van der Waals surface area contributed by atoms with Crippen LogP contribution in [-0.2, 0) is 0 Å². The Morgan fingerprint density at radius 3 is 2.88 bits per heavy atom. The lowest BCUT2D eigenvalue weighted by Crippen LogP contribution is -1.94. The van der Waals surface area contributed by atoms with Crippen molar-refractivity contribution < 1.29 is 0 Å². The van der Waals surface area contributed by atoms with Crippen LogP contribution in [0, 0.1) is 5.92 Å². The first-order valence-electron chi connectivity index (χ1n) is 5.82. The normalized spacial score (nSPS) is 12.4. The Labute approximate surface area is 111 Å². The Morgan fingerprint density at radius 1 is 1.35 bits per heavy atom. The molecule has 0 saturated heterocycles. The van der Waals surface area contributed by atoms with Crippen molar-refractivity contribution in [3.8, 4) is 0 Å². The maximum Gasteiger partial charge on any atom is 0.0702 e. The van der Waals surface area contributed by atoms with E-state index in [-0.39, 0.29) is 0 Å². The van der Waals surface area contributed by atoms with Gasteiger partial charge in [0.25, 0.3) is 0 Å². The Hall–Kier alpha value is -1.15. The largest absolute Gasteiger partial charge is 0.256 e. The molecular formula is C15H16BrN. The third-order valence-electron chi connectivity index (χ3n) is 2.88. The molecule has 17 heavy (non-hydrogen) atoms. The van der Waals surface area contributed by atoms with Crippen molar-refractivity contribution in [3.05, 3.63) is 47.7 Å². The number of allylic oxidation sites excluding steroid dienone is 1. The summed E-state index contributed by atoms with van der Waals surface area (Å²) in [5, 5.41) is 2.12. The molecule has 2 rings (SSSR count). The van der Waals surface area contributed by atoms with Gasteiger partial charge in [-0.05, 0) is 29.7 Å². The smallest absolute Gasteiger partial charge is 0.0702 e. The summed E-state index contributed by atoms with van der Waals surface area (Å²) in [6.45, 7) is 4.44. The highest BCUT2D eigenvalue weighted by atomic mass is 79.9. The first-order valence-corrected chi connectivity index (χ1v) is 6.94. The van der Waals surface area contributed by atoms with Crippen LogP contribution in [0.1, 0.15) is 19.4 Å². The monoisotopic (exact) mass is 289 g/mol. The van der Waals surface area contributed by atoms with E-state index >= 15 is 0 Å². The first kappa shape index (κ1) is 12.3. The quantitative estimate of drug-likeness (QED) is 0.749. The van der Waals surface area contributed by atoms with Crippen LogP contribution in [0.15, 0.2) is 42.1 Å². The molecular weight excluding hydrogens is 274 g/mol. The number of nitrogens with zero attached hydrogens (tertiary/aromatic N) is 1. The molecule has 2 heteroatoms. The van der Waals surface area contributed by atoms with Crippen molar-refractivity contribution in [1.29, 1.82) is 0 Å². The number of halogens is 1. The van der Waals surface area contributed by atoms with E-state index in [0.717, 1.165) is 10.8 Å². The van der Waals surface area contributed by atoms with E-state index < -0.39 is 0 Å². The predicted octanol–water partition coefficient (Wildman–Crippen LogP) is 4.67. The minimum atomic E-state index is 0.568. The Kier molecular flexibility index (Phi) is 3.95. The summed E-state index contributed by atoms with van der Waals surface area (Å²) in [6, 6.07) is 10.5.